The summed E-state index contributed by atoms with van der Waals surface area (Å²) in [5, 5.41) is 38.7. The lowest BCUT2D eigenvalue weighted by atomic mass is 10.0. The van der Waals surface area contributed by atoms with Crippen molar-refractivity contribution in [2.45, 2.75) is 19.9 Å². The largest absolute Gasteiger partial charge is 0.507 e. The average Bonchev–Trinajstić information content (AvgIpc) is 2.50. The molecule has 0 aliphatic carbocycles. The summed E-state index contributed by atoms with van der Waals surface area (Å²) < 4.78 is 0. The molecule has 118 valence electrons. The van der Waals surface area contributed by atoms with Gasteiger partial charge in [0, 0.05) is 0 Å². The number of carbonyl (C=O) groups excluding carboxylic acids is 1. The van der Waals surface area contributed by atoms with Gasteiger partial charge in [0.25, 0.3) is 5.91 Å². The molecule has 1 atom stereocenters. The molecule has 0 fully saturated rings. The van der Waals surface area contributed by atoms with E-state index in [9.17, 15) is 14.7 Å². The molecule has 1 aromatic rings. The third-order valence-corrected chi connectivity index (χ3v) is 3.04. The minimum Gasteiger partial charge on any atom is -0.507 e. The maximum Gasteiger partial charge on any atom is 0.326 e. The number of nitrogens with zero attached hydrogens (tertiary/aromatic N) is 2. The van der Waals surface area contributed by atoms with Crippen LogP contribution in [-0.4, -0.2) is 28.1 Å². The Balaban J connectivity index is 3.15. The zero-order valence-corrected chi connectivity index (χ0v) is 12.6. The maximum atomic E-state index is 12.2. The first-order valence-electron chi connectivity index (χ1n) is 6.68. The van der Waals surface area contributed by atoms with Crippen molar-refractivity contribution in [1.29, 1.82) is 10.5 Å². The molecule has 0 spiro atoms. The summed E-state index contributed by atoms with van der Waals surface area (Å²) in [4.78, 5) is 23.3. The molecule has 0 aliphatic rings. The second-order valence-corrected chi connectivity index (χ2v) is 5.09. The molecular formula is C16H15N3O4. The highest BCUT2D eigenvalue weighted by Crippen LogP contribution is 2.20. The lowest BCUT2D eigenvalue weighted by Crippen LogP contribution is -2.44. The quantitative estimate of drug-likeness (QED) is 0.708. The van der Waals surface area contributed by atoms with Crippen LogP contribution in [0.25, 0.3) is 6.08 Å². The molecule has 23 heavy (non-hydrogen) atoms. The van der Waals surface area contributed by atoms with Gasteiger partial charge in [0.15, 0.2) is 0 Å². The zero-order chi connectivity index (χ0) is 17.6. The van der Waals surface area contributed by atoms with E-state index in [-0.39, 0.29) is 22.8 Å². The van der Waals surface area contributed by atoms with Crippen molar-refractivity contribution in [3.8, 4) is 17.9 Å². The summed E-state index contributed by atoms with van der Waals surface area (Å²) in [6, 6.07) is 6.21. The highest BCUT2D eigenvalue weighted by atomic mass is 16.4. The van der Waals surface area contributed by atoms with Crippen molar-refractivity contribution >= 4 is 18.0 Å². The van der Waals surface area contributed by atoms with E-state index in [0.717, 1.165) is 0 Å². The fourth-order valence-corrected chi connectivity index (χ4v) is 1.81. The number of aromatic hydroxyl groups is 1. The van der Waals surface area contributed by atoms with Crippen LogP contribution in [0.2, 0.25) is 0 Å². The number of phenols is 1. The van der Waals surface area contributed by atoms with E-state index in [4.69, 9.17) is 15.6 Å². The molecule has 0 aromatic heterocycles. The van der Waals surface area contributed by atoms with Gasteiger partial charge in [-0.1, -0.05) is 19.9 Å². The maximum absolute atomic E-state index is 12.2. The predicted molar refractivity (Wildman–Crippen MR) is 81.0 cm³/mol. The standard InChI is InChI=1S/C16H15N3O4/c1-9(2)14(16(22)23)19-15(21)12-6-10(3-4-13(12)20)5-11(7-17)8-18/h3-6,9,14,20H,1-2H3,(H,19,21)(H,22,23)/t14-/m0/s1. The van der Waals surface area contributed by atoms with E-state index < -0.39 is 17.9 Å². The second-order valence-electron chi connectivity index (χ2n) is 5.09. The van der Waals surface area contributed by atoms with E-state index in [1.807, 2.05) is 0 Å². The van der Waals surface area contributed by atoms with E-state index >= 15 is 0 Å². The molecule has 7 heteroatoms. The molecule has 1 amide bonds. The molecule has 1 aromatic carbocycles. The van der Waals surface area contributed by atoms with Gasteiger partial charge in [-0.15, -0.1) is 0 Å². The van der Waals surface area contributed by atoms with Crippen LogP contribution in [0.5, 0.6) is 5.75 Å². The van der Waals surface area contributed by atoms with E-state index in [1.54, 1.807) is 26.0 Å². The number of nitrogens with one attached hydrogen (secondary N) is 1. The van der Waals surface area contributed by atoms with Gasteiger partial charge >= 0.3 is 5.97 Å². The first-order valence-corrected chi connectivity index (χ1v) is 6.68. The summed E-state index contributed by atoms with van der Waals surface area (Å²) in [6.07, 6.45) is 1.26. The number of nitriles is 2. The predicted octanol–water partition coefficient (Wildman–Crippen LogP) is 1.66. The Morgan fingerprint density at radius 1 is 1.26 bits per heavy atom. The number of allylic oxidation sites excluding steroid dienone is 1. The summed E-state index contributed by atoms with van der Waals surface area (Å²) >= 11 is 0. The van der Waals surface area contributed by atoms with Crippen molar-refractivity contribution in [2.24, 2.45) is 5.92 Å². The molecule has 0 bridgehead atoms. The molecule has 7 nitrogen and oxygen atoms in total. The molecular weight excluding hydrogens is 298 g/mol. The normalized spacial score (nSPS) is 11.0. The van der Waals surface area contributed by atoms with Crippen molar-refractivity contribution in [3.63, 3.8) is 0 Å². The van der Waals surface area contributed by atoms with Gasteiger partial charge in [-0.2, -0.15) is 10.5 Å². The van der Waals surface area contributed by atoms with Crippen LogP contribution in [0.1, 0.15) is 29.8 Å². The molecule has 0 unspecified atom stereocenters. The van der Waals surface area contributed by atoms with Gasteiger partial charge in [-0.05, 0) is 29.7 Å². The van der Waals surface area contributed by atoms with Crippen LogP contribution < -0.4 is 5.32 Å². The summed E-state index contributed by atoms with van der Waals surface area (Å²) in [5.41, 5.74) is 0.0657. The van der Waals surface area contributed by atoms with Gasteiger partial charge in [0.05, 0.1) is 5.56 Å². The number of phenolic OH excluding ortho intramolecular Hbond substituents is 1. The molecule has 1 rings (SSSR count). The number of carboxylic acid groups (broad SMARTS) is 1. The van der Waals surface area contributed by atoms with Crippen molar-refractivity contribution < 1.29 is 19.8 Å². The Morgan fingerprint density at radius 3 is 2.35 bits per heavy atom. The van der Waals surface area contributed by atoms with Gasteiger partial charge in [0.1, 0.15) is 29.5 Å². The Morgan fingerprint density at radius 2 is 1.87 bits per heavy atom. The summed E-state index contributed by atoms with van der Waals surface area (Å²) in [5.74, 6) is -2.61. The van der Waals surface area contributed by atoms with Crippen molar-refractivity contribution in [1.82, 2.24) is 5.32 Å². The van der Waals surface area contributed by atoms with Gasteiger partial charge in [-0.3, -0.25) is 4.79 Å². The van der Waals surface area contributed by atoms with Gasteiger partial charge in [0.2, 0.25) is 0 Å². The van der Waals surface area contributed by atoms with Crippen LogP contribution in [0.4, 0.5) is 0 Å². The topological polar surface area (TPSA) is 134 Å². The smallest absolute Gasteiger partial charge is 0.326 e. The Labute approximate surface area is 133 Å². The van der Waals surface area contributed by atoms with Gasteiger partial charge in [-0.25, -0.2) is 4.79 Å². The fraction of sp³-hybridized carbons (Fsp3) is 0.250. The summed E-state index contributed by atoms with van der Waals surface area (Å²) in [7, 11) is 0. The number of hydrogen-bond donors (Lipinski definition) is 3. The molecule has 0 saturated heterocycles. The molecule has 3 N–H and O–H groups in total. The second kappa shape index (κ2) is 7.62. The van der Waals surface area contributed by atoms with Crippen molar-refractivity contribution in [2.75, 3.05) is 0 Å². The SMILES string of the molecule is CC(C)[C@H](NC(=O)c1cc(C=C(C#N)C#N)ccc1O)C(=O)O. The highest BCUT2D eigenvalue weighted by Gasteiger charge is 2.25. The van der Waals surface area contributed by atoms with Crippen LogP contribution in [0, 0.1) is 28.6 Å². The summed E-state index contributed by atoms with van der Waals surface area (Å²) in [6.45, 7) is 3.29. The number of carbonyl (C=O) groups is 2. The number of benzene rings is 1. The zero-order valence-electron chi connectivity index (χ0n) is 12.6. The van der Waals surface area contributed by atoms with E-state index in [2.05, 4.69) is 5.32 Å². The Hall–Kier alpha value is -3.32. The molecule has 0 saturated carbocycles. The third-order valence-electron chi connectivity index (χ3n) is 3.04. The van der Waals surface area contributed by atoms with Crippen LogP contribution in [-0.2, 0) is 4.79 Å². The number of aliphatic carboxylic acids is 1. The molecule has 0 radical (unpaired) electrons. The van der Waals surface area contributed by atoms with Gasteiger partial charge < -0.3 is 15.5 Å². The van der Waals surface area contributed by atoms with E-state index in [1.165, 1.54) is 24.3 Å². The van der Waals surface area contributed by atoms with Crippen LogP contribution in [0.3, 0.4) is 0 Å². The lowest BCUT2D eigenvalue weighted by molar-refractivity contribution is -0.140. The Bertz CT molecular complexity index is 723. The highest BCUT2D eigenvalue weighted by molar-refractivity contribution is 5.99. The number of carboxylic acids is 1. The first kappa shape index (κ1) is 17.7. The lowest BCUT2D eigenvalue weighted by Gasteiger charge is -2.18. The minimum atomic E-state index is -1.18. The monoisotopic (exact) mass is 313 g/mol. The molecule has 0 heterocycles. The Kier molecular flexibility index (Phi) is 5.88. The third kappa shape index (κ3) is 4.58. The number of hydrogen-bond acceptors (Lipinski definition) is 5. The van der Waals surface area contributed by atoms with Crippen LogP contribution in [0.15, 0.2) is 23.8 Å². The van der Waals surface area contributed by atoms with Crippen LogP contribution >= 0.6 is 0 Å². The number of rotatable bonds is 5. The average molecular weight is 313 g/mol. The minimum absolute atomic E-state index is 0.138. The fourth-order valence-electron chi connectivity index (χ4n) is 1.81. The van der Waals surface area contributed by atoms with E-state index in [0.29, 0.717) is 5.56 Å². The van der Waals surface area contributed by atoms with Crippen molar-refractivity contribution in [3.05, 3.63) is 34.9 Å². The first-order chi connectivity index (χ1) is 10.8. The number of amides is 1. The molecule has 0 aliphatic heterocycles.